The van der Waals surface area contributed by atoms with Gasteiger partial charge in [-0.15, -0.1) is 0 Å². The van der Waals surface area contributed by atoms with Crippen molar-refractivity contribution < 1.29 is 0 Å². The van der Waals surface area contributed by atoms with Crippen molar-refractivity contribution in [1.29, 1.82) is 0 Å². The van der Waals surface area contributed by atoms with Gasteiger partial charge in [0.15, 0.2) is 0 Å². The van der Waals surface area contributed by atoms with Crippen LogP contribution in [0.15, 0.2) is 48.5 Å². The Morgan fingerprint density at radius 3 is 1.02 bits per heavy atom. The van der Waals surface area contributed by atoms with E-state index in [-0.39, 0.29) is 15.8 Å². The summed E-state index contributed by atoms with van der Waals surface area (Å²) >= 11 is 0. The molecule has 2 N–H and O–H groups in total. The molecule has 2 aromatic rings. The van der Waals surface area contributed by atoms with Gasteiger partial charge >= 0.3 is 0 Å². The zero-order chi connectivity index (χ0) is 28.1. The van der Waals surface area contributed by atoms with Crippen LogP contribution in [0.5, 0.6) is 0 Å². The van der Waals surface area contributed by atoms with Crippen LogP contribution in [-0.2, 0) is 5.54 Å². The van der Waals surface area contributed by atoms with E-state index < -0.39 is 5.54 Å². The number of benzene rings is 2. The van der Waals surface area contributed by atoms with Crippen LogP contribution in [0.2, 0.25) is 0 Å². The fraction of sp³-hybridized carbons (Fsp3) is 0.684. The van der Waals surface area contributed by atoms with E-state index in [2.05, 4.69) is 55.5 Å². The van der Waals surface area contributed by atoms with Gasteiger partial charge in [-0.25, -0.2) is 0 Å². The van der Waals surface area contributed by atoms with Crippen molar-refractivity contribution >= 4 is 26.5 Å². The lowest BCUT2D eigenvalue weighted by Gasteiger charge is -2.43. The van der Waals surface area contributed by atoms with Gasteiger partial charge in [-0.1, -0.05) is 141 Å². The first-order valence-corrected chi connectivity index (χ1v) is 20.6. The Bertz CT molecular complexity index is 965. The summed E-state index contributed by atoms with van der Waals surface area (Å²) < 4.78 is 0. The van der Waals surface area contributed by atoms with E-state index in [1.807, 2.05) is 0 Å². The summed E-state index contributed by atoms with van der Waals surface area (Å²) in [6.45, 7) is 2.40. The summed E-state index contributed by atoms with van der Waals surface area (Å²) in [7, 11) is -0.383. The maximum atomic E-state index is 7.78. The number of hydrogen-bond acceptors (Lipinski definition) is 1. The predicted molar refractivity (Wildman–Crippen MR) is 184 cm³/mol. The maximum absolute atomic E-state index is 7.78. The Morgan fingerprint density at radius 2 is 0.732 bits per heavy atom. The van der Waals surface area contributed by atoms with Crippen molar-refractivity contribution in [1.82, 2.24) is 0 Å². The second-order valence-electron chi connectivity index (χ2n) is 14.2. The molecule has 0 heterocycles. The highest BCUT2D eigenvalue weighted by Crippen LogP contribution is 2.58. The molecular weight excluding hydrogens is 532 g/mol. The minimum Gasteiger partial charge on any atom is -0.318 e. The monoisotopic (exact) mass is 589 g/mol. The summed E-state index contributed by atoms with van der Waals surface area (Å²) in [6.07, 6.45) is 28.9. The van der Waals surface area contributed by atoms with Gasteiger partial charge in [-0.3, -0.25) is 0 Å². The molecule has 0 unspecified atom stereocenters. The molecule has 4 fully saturated rings. The van der Waals surface area contributed by atoms with Crippen molar-refractivity contribution in [2.75, 3.05) is 0 Å². The smallest absolute Gasteiger partial charge is 0.0649 e. The first-order chi connectivity index (χ1) is 20.1. The topological polar surface area (TPSA) is 26.0 Å². The van der Waals surface area contributed by atoms with Gasteiger partial charge in [-0.2, -0.15) is 0 Å². The third-order valence-corrected chi connectivity index (χ3v) is 18.5. The summed E-state index contributed by atoms with van der Waals surface area (Å²) in [6, 6.07) is 19.3. The quantitative estimate of drug-likeness (QED) is 0.305. The molecule has 2 aromatic carbocycles. The molecule has 0 amide bonds. The molecule has 0 spiro atoms. The number of rotatable bonds is 8. The molecule has 0 atom stereocenters. The van der Waals surface area contributed by atoms with Gasteiger partial charge in [0, 0.05) is 0 Å². The van der Waals surface area contributed by atoms with E-state index in [1.54, 1.807) is 10.6 Å². The minimum absolute atomic E-state index is 0.191. The Kier molecular flexibility index (Phi) is 10.6. The fourth-order valence-corrected chi connectivity index (χ4v) is 17.4. The van der Waals surface area contributed by atoms with Crippen molar-refractivity contribution in [3.63, 3.8) is 0 Å². The molecule has 224 valence electrons. The van der Waals surface area contributed by atoms with E-state index in [0.29, 0.717) is 0 Å². The molecule has 0 aliphatic heterocycles. The third kappa shape index (κ3) is 6.84. The highest BCUT2D eigenvalue weighted by molar-refractivity contribution is 7.67. The normalized spacial score (nSPS) is 22.9. The van der Waals surface area contributed by atoms with Gasteiger partial charge in [0.05, 0.1) is 5.54 Å². The van der Waals surface area contributed by atoms with Gasteiger partial charge in [0.2, 0.25) is 0 Å². The molecule has 0 aromatic heterocycles. The molecule has 4 aliphatic carbocycles. The molecule has 3 heteroatoms. The van der Waals surface area contributed by atoms with Crippen molar-refractivity contribution in [2.45, 2.75) is 164 Å². The number of hydrogen-bond donors (Lipinski definition) is 1. The third-order valence-electron chi connectivity index (χ3n) is 11.4. The van der Waals surface area contributed by atoms with E-state index in [9.17, 15) is 0 Å². The highest BCUT2D eigenvalue weighted by Gasteiger charge is 2.40. The second kappa shape index (κ2) is 14.4. The summed E-state index contributed by atoms with van der Waals surface area (Å²) in [5.74, 6) is 0. The van der Waals surface area contributed by atoms with Gasteiger partial charge in [0.25, 0.3) is 0 Å². The Labute approximate surface area is 254 Å². The lowest BCUT2D eigenvalue weighted by atomic mass is 9.85. The first-order valence-electron chi connectivity index (χ1n) is 17.7. The second-order valence-corrected chi connectivity index (χ2v) is 19.7. The van der Waals surface area contributed by atoms with Crippen LogP contribution >= 0.6 is 15.8 Å². The van der Waals surface area contributed by atoms with Crippen LogP contribution in [0.1, 0.15) is 146 Å². The van der Waals surface area contributed by atoms with E-state index >= 15 is 0 Å². The SMILES string of the molecule is CC(N)(c1ccccc1P(C1CCCCC1)C1CCCCC1)c1ccccc1P(C1CCCCC1)C1CCCCC1. The first kappa shape index (κ1) is 30.3. The summed E-state index contributed by atoms with van der Waals surface area (Å²) in [5, 5.41) is 3.36. The number of nitrogens with two attached hydrogens (primary N) is 1. The van der Waals surface area contributed by atoms with Gasteiger partial charge in [0.1, 0.15) is 0 Å². The molecule has 0 radical (unpaired) electrons. The van der Waals surface area contributed by atoms with Crippen LogP contribution in [0.4, 0.5) is 0 Å². The van der Waals surface area contributed by atoms with Crippen molar-refractivity contribution in [3.8, 4) is 0 Å². The van der Waals surface area contributed by atoms with E-state index in [1.165, 1.54) is 140 Å². The highest BCUT2D eigenvalue weighted by atomic mass is 31.1. The van der Waals surface area contributed by atoms with Crippen molar-refractivity contribution in [2.24, 2.45) is 5.73 Å². The van der Waals surface area contributed by atoms with Gasteiger partial charge < -0.3 is 5.73 Å². The van der Waals surface area contributed by atoms with E-state index in [4.69, 9.17) is 5.73 Å². The Balaban J connectivity index is 1.42. The average molecular weight is 590 g/mol. The molecule has 1 nitrogen and oxygen atoms in total. The molecule has 0 bridgehead atoms. The maximum Gasteiger partial charge on any atom is 0.0649 e. The largest absolute Gasteiger partial charge is 0.318 e. The Morgan fingerprint density at radius 1 is 0.463 bits per heavy atom. The summed E-state index contributed by atoms with van der Waals surface area (Å²) in [4.78, 5) is 0. The molecule has 6 rings (SSSR count). The standard InChI is InChI=1S/C38H57NP2/c1-38(39,34-26-14-16-28-36(34)40(30-18-6-2-7-19-30)31-20-8-3-9-21-31)35-27-15-17-29-37(35)41(32-22-10-4-11-23-32)33-24-12-5-13-25-33/h14-17,26-33H,2-13,18-25,39H2,1H3. The zero-order valence-corrected chi connectivity index (χ0v) is 27.8. The van der Waals surface area contributed by atoms with Crippen LogP contribution in [0.3, 0.4) is 0 Å². The summed E-state index contributed by atoms with van der Waals surface area (Å²) in [5.41, 5.74) is 13.9. The molecule has 0 saturated heterocycles. The predicted octanol–water partition coefficient (Wildman–Crippen LogP) is 10.5. The zero-order valence-electron chi connectivity index (χ0n) is 26.0. The molecule has 4 aliphatic rings. The fourth-order valence-electron chi connectivity index (χ4n) is 9.24. The van der Waals surface area contributed by atoms with E-state index in [0.717, 1.165) is 22.6 Å². The average Bonchev–Trinajstić information content (AvgIpc) is 3.04. The van der Waals surface area contributed by atoms with Crippen LogP contribution in [0.25, 0.3) is 0 Å². The van der Waals surface area contributed by atoms with Crippen LogP contribution in [-0.4, -0.2) is 22.6 Å². The van der Waals surface area contributed by atoms with Crippen LogP contribution < -0.4 is 16.3 Å². The Hall–Kier alpha value is -0.740. The van der Waals surface area contributed by atoms with Gasteiger partial charge in [-0.05, 0) is 103 Å². The molecular formula is C38H57NP2. The van der Waals surface area contributed by atoms with Crippen molar-refractivity contribution in [3.05, 3.63) is 59.7 Å². The van der Waals surface area contributed by atoms with Crippen LogP contribution in [0, 0.1) is 0 Å². The molecule has 41 heavy (non-hydrogen) atoms. The lowest BCUT2D eigenvalue weighted by Crippen LogP contribution is -2.43. The minimum atomic E-state index is -0.443. The lowest BCUT2D eigenvalue weighted by molar-refractivity contribution is 0.486. The molecule has 4 saturated carbocycles.